The van der Waals surface area contributed by atoms with Crippen LogP contribution in [0.5, 0.6) is 0 Å². The Kier molecular flexibility index (Phi) is 6.59. The summed E-state index contributed by atoms with van der Waals surface area (Å²) in [6, 6.07) is 9.76. The monoisotopic (exact) mass is 352 g/mol. The van der Waals surface area contributed by atoms with Crippen molar-refractivity contribution in [2.75, 3.05) is 20.3 Å². The van der Waals surface area contributed by atoms with Gasteiger partial charge in [0.15, 0.2) is 0 Å². The van der Waals surface area contributed by atoms with E-state index in [1.807, 2.05) is 44.2 Å². The van der Waals surface area contributed by atoms with Crippen molar-refractivity contribution in [1.82, 2.24) is 14.5 Å². The molecule has 1 N–H and O–H groups in total. The number of ether oxygens (including phenoxy) is 1. The molecule has 0 spiro atoms. The van der Waals surface area contributed by atoms with Crippen LogP contribution < -0.4 is 11.0 Å². The molecule has 0 aliphatic carbocycles. The zero-order chi connectivity index (χ0) is 19.1. The number of aromatic nitrogens is 2. The number of nitriles is 1. The molecule has 0 radical (unpaired) electrons. The summed E-state index contributed by atoms with van der Waals surface area (Å²) in [5.41, 5.74) is 3.16. The Morgan fingerprint density at radius 1 is 1.27 bits per heavy atom. The highest BCUT2D eigenvalue weighted by Gasteiger charge is 2.16. The largest absolute Gasteiger partial charge is 0.383 e. The summed E-state index contributed by atoms with van der Waals surface area (Å²) in [6.07, 6.45) is 5.41. The van der Waals surface area contributed by atoms with Gasteiger partial charge in [-0.05, 0) is 32.1 Å². The number of hydrogen-bond acceptors (Lipinski definition) is 4. The van der Waals surface area contributed by atoms with Gasteiger partial charge in [-0.15, -0.1) is 0 Å². The van der Waals surface area contributed by atoms with Gasteiger partial charge >= 0.3 is 5.69 Å². The van der Waals surface area contributed by atoms with Gasteiger partial charge in [0, 0.05) is 26.4 Å². The lowest BCUT2D eigenvalue weighted by atomic mass is 10.1. The summed E-state index contributed by atoms with van der Waals surface area (Å²) in [4.78, 5) is 12.8. The summed E-state index contributed by atoms with van der Waals surface area (Å²) < 4.78 is 8.20. The number of methoxy groups -OCH3 is 1. The molecule has 0 saturated carbocycles. The molecule has 136 valence electrons. The maximum Gasteiger partial charge on any atom is 0.333 e. The van der Waals surface area contributed by atoms with E-state index >= 15 is 0 Å². The Morgan fingerprint density at radius 3 is 2.54 bits per heavy atom. The molecule has 0 aliphatic rings. The molecule has 0 atom stereocenters. The van der Waals surface area contributed by atoms with E-state index in [0.717, 1.165) is 16.7 Å². The fourth-order valence-electron chi connectivity index (χ4n) is 2.78. The van der Waals surface area contributed by atoms with E-state index < -0.39 is 0 Å². The molecule has 0 amide bonds. The standard InChI is InChI=1S/C20H24N4O2/c1-5-16(22-11-12-26-4)13-15(14-21)17(6-2)24-19-10-8-7-9-18(19)23(3)20(24)25/h5-10,13,22H,11-12H2,1-4H3/b15-13-,16-5+,17-6+. The molecule has 0 aliphatic heterocycles. The van der Waals surface area contributed by atoms with E-state index in [9.17, 15) is 10.1 Å². The summed E-state index contributed by atoms with van der Waals surface area (Å²) in [5.74, 6) is 0. The smallest absolute Gasteiger partial charge is 0.333 e. The first-order valence-corrected chi connectivity index (χ1v) is 8.43. The van der Waals surface area contributed by atoms with Crippen molar-refractivity contribution in [2.45, 2.75) is 13.8 Å². The van der Waals surface area contributed by atoms with E-state index in [0.29, 0.717) is 24.4 Å². The number of benzene rings is 1. The van der Waals surface area contributed by atoms with Gasteiger partial charge in [0.2, 0.25) is 0 Å². The molecule has 1 aromatic carbocycles. The van der Waals surface area contributed by atoms with Crippen molar-refractivity contribution in [3.05, 3.63) is 64.2 Å². The Balaban J connectivity index is 2.54. The van der Waals surface area contributed by atoms with Crippen molar-refractivity contribution in [3.63, 3.8) is 0 Å². The van der Waals surface area contributed by atoms with Crippen LogP contribution in [0.25, 0.3) is 16.7 Å². The Hall–Kier alpha value is -3.04. The molecule has 26 heavy (non-hydrogen) atoms. The van der Waals surface area contributed by atoms with E-state index in [1.54, 1.807) is 35.4 Å². The van der Waals surface area contributed by atoms with Crippen molar-refractivity contribution < 1.29 is 4.74 Å². The van der Waals surface area contributed by atoms with Gasteiger partial charge in [0.05, 0.1) is 28.9 Å². The second kappa shape index (κ2) is 8.88. The lowest BCUT2D eigenvalue weighted by Gasteiger charge is -2.10. The molecule has 0 saturated heterocycles. The fourth-order valence-corrected chi connectivity index (χ4v) is 2.78. The van der Waals surface area contributed by atoms with Crippen LogP contribution in [0.1, 0.15) is 13.8 Å². The second-order valence-electron chi connectivity index (χ2n) is 5.67. The first-order valence-electron chi connectivity index (χ1n) is 8.43. The van der Waals surface area contributed by atoms with Crippen LogP contribution in [0.2, 0.25) is 0 Å². The maximum absolute atomic E-state index is 12.8. The Labute approximate surface area is 153 Å². The normalized spacial score (nSPS) is 13.1. The van der Waals surface area contributed by atoms with Crippen molar-refractivity contribution in [3.8, 4) is 6.07 Å². The number of hydrogen-bond donors (Lipinski definition) is 1. The van der Waals surface area contributed by atoms with Gasteiger partial charge in [0.25, 0.3) is 0 Å². The maximum atomic E-state index is 12.8. The Morgan fingerprint density at radius 2 is 1.96 bits per heavy atom. The lowest BCUT2D eigenvalue weighted by molar-refractivity contribution is 0.202. The van der Waals surface area contributed by atoms with Crippen LogP contribution in [0.3, 0.4) is 0 Å². The first-order chi connectivity index (χ1) is 12.6. The lowest BCUT2D eigenvalue weighted by Crippen LogP contribution is -2.22. The third kappa shape index (κ3) is 3.79. The quantitative estimate of drug-likeness (QED) is 0.472. The molecular weight excluding hydrogens is 328 g/mol. The number of imidazole rings is 1. The molecule has 1 aromatic heterocycles. The van der Waals surface area contributed by atoms with Gasteiger partial charge in [0.1, 0.15) is 6.07 Å². The van der Waals surface area contributed by atoms with Crippen molar-refractivity contribution >= 4 is 16.7 Å². The number of fused-ring (bicyclic) bond motifs is 1. The summed E-state index contributed by atoms with van der Waals surface area (Å²) in [6.45, 7) is 4.90. The third-order valence-corrected chi connectivity index (χ3v) is 4.12. The van der Waals surface area contributed by atoms with Crippen LogP contribution >= 0.6 is 0 Å². The zero-order valence-electron chi connectivity index (χ0n) is 15.6. The van der Waals surface area contributed by atoms with E-state index in [2.05, 4.69) is 11.4 Å². The van der Waals surface area contributed by atoms with Gasteiger partial charge < -0.3 is 10.1 Å². The van der Waals surface area contributed by atoms with Crippen molar-refractivity contribution in [2.24, 2.45) is 7.05 Å². The van der Waals surface area contributed by atoms with Crippen LogP contribution in [-0.2, 0) is 11.8 Å². The number of aryl methyl sites for hydroxylation is 1. The highest BCUT2D eigenvalue weighted by atomic mass is 16.5. The van der Waals surface area contributed by atoms with Crippen molar-refractivity contribution in [1.29, 1.82) is 5.26 Å². The van der Waals surface area contributed by atoms with Gasteiger partial charge in [-0.25, -0.2) is 4.79 Å². The minimum atomic E-state index is -0.185. The molecule has 2 rings (SSSR count). The van der Waals surface area contributed by atoms with E-state index in [1.165, 1.54) is 0 Å². The summed E-state index contributed by atoms with van der Waals surface area (Å²) in [5, 5.41) is 12.9. The average Bonchev–Trinajstić information content (AvgIpc) is 2.92. The highest BCUT2D eigenvalue weighted by Crippen LogP contribution is 2.21. The van der Waals surface area contributed by atoms with E-state index in [4.69, 9.17) is 4.74 Å². The molecular formula is C20H24N4O2. The molecule has 0 bridgehead atoms. The minimum absolute atomic E-state index is 0.185. The summed E-state index contributed by atoms with van der Waals surface area (Å²) in [7, 11) is 3.37. The van der Waals surface area contributed by atoms with Crippen LogP contribution in [0.4, 0.5) is 0 Å². The van der Waals surface area contributed by atoms with Crippen LogP contribution in [-0.4, -0.2) is 29.4 Å². The van der Waals surface area contributed by atoms with E-state index in [-0.39, 0.29) is 5.69 Å². The molecule has 0 fully saturated rings. The Bertz CT molecular complexity index is 968. The topological polar surface area (TPSA) is 72.0 Å². The minimum Gasteiger partial charge on any atom is -0.383 e. The fraction of sp³-hybridized carbons (Fsp3) is 0.300. The predicted octanol–water partition coefficient (Wildman–Crippen LogP) is 2.79. The first kappa shape index (κ1) is 19.3. The molecule has 1 heterocycles. The van der Waals surface area contributed by atoms with Crippen LogP contribution in [0, 0.1) is 11.3 Å². The van der Waals surface area contributed by atoms with Gasteiger partial charge in [-0.2, -0.15) is 5.26 Å². The number of nitrogens with one attached hydrogen (secondary N) is 1. The van der Waals surface area contributed by atoms with Gasteiger partial charge in [-0.1, -0.05) is 24.3 Å². The second-order valence-corrected chi connectivity index (χ2v) is 5.67. The number of allylic oxidation sites excluding steroid dienone is 5. The summed E-state index contributed by atoms with van der Waals surface area (Å²) >= 11 is 0. The van der Waals surface area contributed by atoms with Crippen LogP contribution in [0.15, 0.2) is 58.6 Å². The highest BCUT2D eigenvalue weighted by molar-refractivity contribution is 5.84. The molecule has 2 aromatic rings. The average molecular weight is 352 g/mol. The molecule has 6 nitrogen and oxygen atoms in total. The number of para-hydroxylation sites is 2. The van der Waals surface area contributed by atoms with Gasteiger partial charge in [-0.3, -0.25) is 9.13 Å². The number of nitrogens with zero attached hydrogens (tertiary/aromatic N) is 3. The molecule has 6 heteroatoms. The third-order valence-electron chi connectivity index (χ3n) is 4.12. The predicted molar refractivity (Wildman–Crippen MR) is 104 cm³/mol. The number of rotatable bonds is 7. The zero-order valence-corrected chi connectivity index (χ0v) is 15.6. The molecule has 0 unspecified atom stereocenters. The SMILES string of the molecule is C\C=C(/C=C(C#N)\C(=C/C)n1c(=O)n(C)c2ccccc21)NCCOC.